The third kappa shape index (κ3) is 6.60. The molecule has 3 rings (SSSR count). The van der Waals surface area contributed by atoms with Crippen LogP contribution in [0.1, 0.15) is 25.3 Å². The van der Waals surface area contributed by atoms with Crippen molar-refractivity contribution in [2.45, 2.75) is 31.6 Å². The lowest BCUT2D eigenvalue weighted by molar-refractivity contribution is -0.126. The third-order valence-electron chi connectivity index (χ3n) is 5.46. The number of nitrogens with one attached hydrogen (secondary N) is 1. The van der Waals surface area contributed by atoms with Gasteiger partial charge in [-0.25, -0.2) is 12.7 Å². The number of rotatable bonds is 9. The Morgan fingerprint density at radius 2 is 1.75 bits per heavy atom. The van der Waals surface area contributed by atoms with Gasteiger partial charge in [0.05, 0.1) is 18.9 Å². The lowest BCUT2D eigenvalue weighted by Crippen LogP contribution is -2.46. The van der Waals surface area contributed by atoms with Crippen LogP contribution in [0.25, 0.3) is 0 Å². The van der Waals surface area contributed by atoms with Crippen LogP contribution >= 0.6 is 11.6 Å². The molecule has 1 atom stereocenters. The van der Waals surface area contributed by atoms with E-state index in [4.69, 9.17) is 21.1 Å². The summed E-state index contributed by atoms with van der Waals surface area (Å²) in [5.74, 6) is 1.02. The maximum absolute atomic E-state index is 12.8. The van der Waals surface area contributed by atoms with Gasteiger partial charge in [0.25, 0.3) is 0 Å². The number of carbonyl (C=O) groups excluding carboxylic acids is 1. The van der Waals surface area contributed by atoms with E-state index < -0.39 is 10.0 Å². The number of ether oxygens (including phenoxy) is 2. The molecule has 0 saturated carbocycles. The van der Waals surface area contributed by atoms with E-state index in [1.165, 1.54) is 4.31 Å². The Morgan fingerprint density at radius 3 is 2.38 bits per heavy atom. The van der Waals surface area contributed by atoms with Crippen molar-refractivity contribution >= 4 is 27.5 Å². The molecule has 1 aliphatic heterocycles. The number of halogens is 1. The van der Waals surface area contributed by atoms with E-state index in [0.717, 1.165) is 5.75 Å². The predicted octanol–water partition coefficient (Wildman–Crippen LogP) is 3.47. The van der Waals surface area contributed by atoms with Gasteiger partial charge in [0, 0.05) is 24.0 Å². The first-order valence-electron chi connectivity index (χ1n) is 10.6. The number of hydrogen-bond acceptors (Lipinski definition) is 5. The molecule has 9 heteroatoms. The maximum Gasteiger partial charge on any atom is 0.223 e. The summed E-state index contributed by atoms with van der Waals surface area (Å²) >= 11 is 6.11. The van der Waals surface area contributed by atoms with Gasteiger partial charge in [-0.05, 0) is 55.7 Å². The number of hydrogen-bond donors (Lipinski definition) is 1. The molecule has 1 heterocycles. The normalized spacial score (nSPS) is 16.3. The van der Waals surface area contributed by atoms with Crippen LogP contribution in [-0.2, 0) is 20.6 Å². The van der Waals surface area contributed by atoms with Gasteiger partial charge in [0.2, 0.25) is 15.9 Å². The third-order valence-corrected chi connectivity index (χ3v) is 7.66. The lowest BCUT2D eigenvalue weighted by atomic mass is 9.97. The van der Waals surface area contributed by atoms with Gasteiger partial charge in [-0.2, -0.15) is 0 Å². The Hall–Kier alpha value is -2.29. The van der Waals surface area contributed by atoms with Crippen LogP contribution in [0, 0.1) is 5.92 Å². The Balaban J connectivity index is 1.44. The molecule has 1 N–H and O–H groups in total. The SMILES string of the molecule is COc1ccc(OC[C@H](C)NC(=O)C2CCN(S(=O)(=O)Cc3ccccc3Cl)CC2)cc1. The number of nitrogens with zero attached hydrogens (tertiary/aromatic N) is 1. The summed E-state index contributed by atoms with van der Waals surface area (Å²) < 4.78 is 37.8. The van der Waals surface area contributed by atoms with Crippen LogP contribution in [0.5, 0.6) is 11.5 Å². The van der Waals surface area contributed by atoms with Crippen molar-refractivity contribution in [1.82, 2.24) is 9.62 Å². The highest BCUT2D eigenvalue weighted by Gasteiger charge is 2.31. The van der Waals surface area contributed by atoms with E-state index in [-0.39, 0.29) is 23.6 Å². The van der Waals surface area contributed by atoms with E-state index in [1.54, 1.807) is 31.4 Å². The van der Waals surface area contributed by atoms with Crippen LogP contribution in [0.4, 0.5) is 0 Å². The Morgan fingerprint density at radius 1 is 1.12 bits per heavy atom. The van der Waals surface area contributed by atoms with Crippen LogP contribution in [-0.4, -0.2) is 51.5 Å². The Kier molecular flexibility index (Phi) is 8.39. The maximum atomic E-state index is 12.8. The minimum Gasteiger partial charge on any atom is -0.497 e. The zero-order valence-electron chi connectivity index (χ0n) is 18.3. The number of carbonyl (C=O) groups is 1. The van der Waals surface area contributed by atoms with Crippen LogP contribution in [0.15, 0.2) is 48.5 Å². The first-order chi connectivity index (χ1) is 15.3. The molecule has 0 spiro atoms. The summed E-state index contributed by atoms with van der Waals surface area (Å²) in [6, 6.07) is 14.0. The van der Waals surface area contributed by atoms with E-state index in [1.807, 2.05) is 31.2 Å². The number of amides is 1. The smallest absolute Gasteiger partial charge is 0.223 e. The molecule has 7 nitrogen and oxygen atoms in total. The first kappa shape index (κ1) is 24.4. The van der Waals surface area contributed by atoms with Gasteiger partial charge in [0.1, 0.15) is 18.1 Å². The first-order valence-corrected chi connectivity index (χ1v) is 12.6. The molecule has 1 saturated heterocycles. The summed E-state index contributed by atoms with van der Waals surface area (Å²) in [7, 11) is -1.88. The Bertz CT molecular complexity index is 1010. The average molecular weight is 481 g/mol. The van der Waals surface area contributed by atoms with Gasteiger partial charge < -0.3 is 14.8 Å². The van der Waals surface area contributed by atoms with Crippen LogP contribution < -0.4 is 14.8 Å². The van der Waals surface area contributed by atoms with E-state index >= 15 is 0 Å². The molecule has 1 fully saturated rings. The standard InChI is InChI=1S/C23H29ClN2O5S/c1-17(15-31-21-9-7-20(30-2)8-10-21)25-23(27)18-11-13-26(14-12-18)32(28,29)16-19-5-3-4-6-22(19)24/h3-10,17-18H,11-16H2,1-2H3,(H,25,27)/t17-/m0/s1. The fourth-order valence-corrected chi connectivity index (χ4v) is 5.47. The summed E-state index contributed by atoms with van der Waals surface area (Å²) in [5.41, 5.74) is 0.583. The molecular formula is C23H29ClN2O5S. The van der Waals surface area contributed by atoms with Gasteiger partial charge in [-0.15, -0.1) is 0 Å². The molecule has 2 aromatic carbocycles. The summed E-state index contributed by atoms with van der Waals surface area (Å²) in [6.45, 7) is 2.86. The minimum absolute atomic E-state index is 0.0704. The van der Waals surface area contributed by atoms with E-state index in [2.05, 4.69) is 5.32 Å². The number of piperidine rings is 1. The molecular weight excluding hydrogens is 452 g/mol. The average Bonchev–Trinajstić information content (AvgIpc) is 2.79. The molecule has 174 valence electrons. The second kappa shape index (κ2) is 11.0. The van der Waals surface area contributed by atoms with Crippen molar-refractivity contribution in [2.75, 3.05) is 26.8 Å². The number of sulfonamides is 1. The summed E-state index contributed by atoms with van der Waals surface area (Å²) in [5, 5.41) is 3.41. The topological polar surface area (TPSA) is 84.9 Å². The van der Waals surface area contributed by atoms with Crippen molar-refractivity contribution in [2.24, 2.45) is 5.92 Å². The zero-order chi connectivity index (χ0) is 23.1. The van der Waals surface area contributed by atoms with Crippen molar-refractivity contribution < 1.29 is 22.7 Å². The summed E-state index contributed by atoms with van der Waals surface area (Å²) in [6.07, 6.45) is 0.972. The van der Waals surface area contributed by atoms with Gasteiger partial charge >= 0.3 is 0 Å². The van der Waals surface area contributed by atoms with Crippen molar-refractivity contribution in [1.29, 1.82) is 0 Å². The zero-order valence-corrected chi connectivity index (χ0v) is 19.9. The molecule has 1 aliphatic rings. The van der Waals surface area contributed by atoms with Crippen LogP contribution in [0.3, 0.4) is 0 Å². The molecule has 2 aromatic rings. The fourth-order valence-electron chi connectivity index (χ4n) is 3.59. The van der Waals surface area contributed by atoms with Gasteiger partial charge in [-0.1, -0.05) is 29.8 Å². The number of benzene rings is 2. The van der Waals surface area contributed by atoms with Crippen molar-refractivity contribution in [3.8, 4) is 11.5 Å². The molecule has 1 amide bonds. The molecule has 0 radical (unpaired) electrons. The molecule has 32 heavy (non-hydrogen) atoms. The predicted molar refractivity (Wildman–Crippen MR) is 124 cm³/mol. The van der Waals surface area contributed by atoms with E-state index in [0.29, 0.717) is 48.9 Å². The summed E-state index contributed by atoms with van der Waals surface area (Å²) in [4.78, 5) is 12.6. The minimum atomic E-state index is -3.49. The molecule has 0 unspecified atom stereocenters. The largest absolute Gasteiger partial charge is 0.497 e. The van der Waals surface area contributed by atoms with Crippen molar-refractivity contribution in [3.63, 3.8) is 0 Å². The van der Waals surface area contributed by atoms with Crippen molar-refractivity contribution in [3.05, 3.63) is 59.1 Å². The van der Waals surface area contributed by atoms with Gasteiger partial charge in [-0.3, -0.25) is 4.79 Å². The highest BCUT2D eigenvalue weighted by atomic mass is 35.5. The molecule has 0 aromatic heterocycles. The van der Waals surface area contributed by atoms with Gasteiger partial charge in [0.15, 0.2) is 0 Å². The second-order valence-corrected chi connectivity index (χ2v) is 10.3. The van der Waals surface area contributed by atoms with Crippen LogP contribution in [0.2, 0.25) is 5.02 Å². The van der Waals surface area contributed by atoms with E-state index in [9.17, 15) is 13.2 Å². The molecule has 0 aliphatic carbocycles. The number of methoxy groups -OCH3 is 1. The monoisotopic (exact) mass is 480 g/mol. The highest BCUT2D eigenvalue weighted by molar-refractivity contribution is 7.88. The fraction of sp³-hybridized carbons (Fsp3) is 0.435. The Labute approximate surface area is 194 Å². The lowest BCUT2D eigenvalue weighted by Gasteiger charge is -2.31. The second-order valence-electron chi connectivity index (χ2n) is 7.92. The highest BCUT2D eigenvalue weighted by Crippen LogP contribution is 2.24. The molecule has 0 bridgehead atoms. The quantitative estimate of drug-likeness (QED) is 0.594.